The van der Waals surface area contributed by atoms with Gasteiger partial charge in [0.1, 0.15) is 11.2 Å². The first-order chi connectivity index (χ1) is 18.3. The molecule has 0 aliphatic heterocycles. The molecule has 0 saturated heterocycles. The Kier molecular flexibility index (Phi) is 4.23. The van der Waals surface area contributed by atoms with Gasteiger partial charge in [-0.2, -0.15) is 0 Å². The van der Waals surface area contributed by atoms with E-state index in [1.807, 2.05) is 24.4 Å². The number of nitrogens with zero attached hydrogens (tertiary/aromatic N) is 2. The minimum absolute atomic E-state index is 0.876. The van der Waals surface area contributed by atoms with Gasteiger partial charge in [0.2, 0.25) is 0 Å². The van der Waals surface area contributed by atoms with Crippen LogP contribution in [0.1, 0.15) is 0 Å². The van der Waals surface area contributed by atoms with Crippen molar-refractivity contribution in [1.29, 1.82) is 0 Å². The van der Waals surface area contributed by atoms with E-state index >= 15 is 0 Å². The molecule has 3 aromatic heterocycles. The van der Waals surface area contributed by atoms with Crippen molar-refractivity contribution in [3.05, 3.63) is 121 Å². The zero-order chi connectivity index (χ0) is 24.3. The number of hydrogen-bond acceptors (Lipinski definition) is 3. The van der Waals surface area contributed by atoms with E-state index in [0.717, 1.165) is 71.5 Å². The van der Waals surface area contributed by atoms with Crippen LogP contribution in [0.4, 0.5) is 0 Å². The molecule has 37 heavy (non-hydrogen) atoms. The second-order valence-corrected chi connectivity index (χ2v) is 9.40. The molecule has 0 aliphatic carbocycles. The molecule has 5 aromatic carbocycles. The van der Waals surface area contributed by atoms with E-state index in [4.69, 9.17) is 14.4 Å². The van der Waals surface area contributed by atoms with Crippen molar-refractivity contribution < 1.29 is 4.42 Å². The first-order valence-corrected chi connectivity index (χ1v) is 12.4. The largest absolute Gasteiger partial charge is 0.455 e. The highest BCUT2D eigenvalue weighted by Gasteiger charge is 2.18. The summed E-state index contributed by atoms with van der Waals surface area (Å²) in [5.41, 5.74) is 6.72. The third kappa shape index (κ3) is 3.01. The van der Waals surface area contributed by atoms with Gasteiger partial charge < -0.3 is 4.42 Å². The fraction of sp³-hybridized carbons (Fsp3) is 0. The fourth-order valence-corrected chi connectivity index (χ4v) is 5.60. The molecule has 0 atom stereocenters. The average Bonchev–Trinajstić information content (AvgIpc) is 3.35. The molecule has 172 valence electrons. The van der Waals surface area contributed by atoms with Crippen LogP contribution in [0.5, 0.6) is 0 Å². The summed E-state index contributed by atoms with van der Waals surface area (Å²) in [5.74, 6) is 0. The maximum absolute atomic E-state index is 6.50. The zero-order valence-electron chi connectivity index (χ0n) is 19.8. The van der Waals surface area contributed by atoms with Crippen molar-refractivity contribution in [2.45, 2.75) is 0 Å². The second-order valence-electron chi connectivity index (χ2n) is 9.40. The Morgan fingerprint density at radius 1 is 0.514 bits per heavy atom. The Morgan fingerprint density at radius 3 is 2.16 bits per heavy atom. The van der Waals surface area contributed by atoms with E-state index in [2.05, 4.69) is 97.1 Å². The van der Waals surface area contributed by atoms with Crippen molar-refractivity contribution in [3.63, 3.8) is 0 Å². The maximum atomic E-state index is 6.50. The van der Waals surface area contributed by atoms with Crippen molar-refractivity contribution in [3.8, 4) is 22.5 Å². The molecular formula is C34H20N2O. The molecule has 0 bridgehead atoms. The summed E-state index contributed by atoms with van der Waals surface area (Å²) in [4.78, 5) is 9.97. The summed E-state index contributed by atoms with van der Waals surface area (Å²) >= 11 is 0. The molecule has 3 heteroatoms. The molecule has 0 unspecified atom stereocenters. The van der Waals surface area contributed by atoms with Gasteiger partial charge in [-0.15, -0.1) is 0 Å². The van der Waals surface area contributed by atoms with Crippen LogP contribution in [0.2, 0.25) is 0 Å². The van der Waals surface area contributed by atoms with Crippen LogP contribution >= 0.6 is 0 Å². The SMILES string of the molecule is c1cc(-c2nccc3ccccc23)cc(-c2nc3ccccc3c3ccc4c5ccccc5oc4c23)c1. The molecule has 0 fully saturated rings. The number of aromatic nitrogens is 2. The van der Waals surface area contributed by atoms with Crippen molar-refractivity contribution >= 4 is 54.4 Å². The Hall–Kier alpha value is -5.02. The number of rotatable bonds is 2. The lowest BCUT2D eigenvalue weighted by Gasteiger charge is -2.12. The summed E-state index contributed by atoms with van der Waals surface area (Å²) in [7, 11) is 0. The van der Waals surface area contributed by atoms with E-state index in [9.17, 15) is 0 Å². The van der Waals surface area contributed by atoms with E-state index < -0.39 is 0 Å². The fourth-order valence-electron chi connectivity index (χ4n) is 5.60. The van der Waals surface area contributed by atoms with Gasteiger partial charge in [-0.1, -0.05) is 84.9 Å². The number of furan rings is 1. The molecule has 0 aliphatic rings. The highest BCUT2D eigenvalue weighted by atomic mass is 16.3. The van der Waals surface area contributed by atoms with Gasteiger partial charge in [-0.05, 0) is 41.1 Å². The standard InChI is InChI=1S/C34H20N2O/c1-2-11-24-21(8-1)18-19-35-32(24)22-9-7-10-23(20-22)33-31-27(25-12-3-5-14-29(25)36-33)16-17-28-26-13-4-6-15-30(26)37-34(28)31/h1-20H. The van der Waals surface area contributed by atoms with Gasteiger partial charge in [0.15, 0.2) is 0 Å². The summed E-state index contributed by atoms with van der Waals surface area (Å²) < 4.78 is 6.50. The summed E-state index contributed by atoms with van der Waals surface area (Å²) in [6.07, 6.45) is 1.88. The molecular weight excluding hydrogens is 452 g/mol. The molecule has 0 radical (unpaired) electrons. The predicted octanol–water partition coefficient (Wildman–Crippen LogP) is 9.17. The van der Waals surface area contributed by atoms with Crippen LogP contribution in [0.25, 0.3) is 76.9 Å². The lowest BCUT2D eigenvalue weighted by Crippen LogP contribution is -1.92. The number of pyridine rings is 2. The lowest BCUT2D eigenvalue weighted by molar-refractivity contribution is 0.672. The van der Waals surface area contributed by atoms with Gasteiger partial charge in [-0.25, -0.2) is 4.98 Å². The highest BCUT2D eigenvalue weighted by Crippen LogP contribution is 2.41. The van der Waals surface area contributed by atoms with Crippen LogP contribution < -0.4 is 0 Å². The molecule has 8 aromatic rings. The monoisotopic (exact) mass is 472 g/mol. The maximum Gasteiger partial charge on any atom is 0.145 e. The van der Waals surface area contributed by atoms with Crippen LogP contribution in [0.3, 0.4) is 0 Å². The van der Waals surface area contributed by atoms with Gasteiger partial charge >= 0.3 is 0 Å². The minimum atomic E-state index is 0.876. The van der Waals surface area contributed by atoms with Gasteiger partial charge in [-0.3, -0.25) is 4.98 Å². The van der Waals surface area contributed by atoms with Crippen LogP contribution in [-0.2, 0) is 0 Å². The predicted molar refractivity (Wildman–Crippen MR) is 153 cm³/mol. The highest BCUT2D eigenvalue weighted by molar-refractivity contribution is 6.23. The topological polar surface area (TPSA) is 38.9 Å². The van der Waals surface area contributed by atoms with Crippen molar-refractivity contribution in [2.24, 2.45) is 0 Å². The van der Waals surface area contributed by atoms with E-state index in [-0.39, 0.29) is 0 Å². The molecule has 0 N–H and O–H groups in total. The van der Waals surface area contributed by atoms with Gasteiger partial charge in [0, 0.05) is 38.9 Å². The summed E-state index contributed by atoms with van der Waals surface area (Å²) in [5, 5.41) is 7.83. The Labute approximate surface area is 212 Å². The first-order valence-electron chi connectivity index (χ1n) is 12.4. The Morgan fingerprint density at radius 2 is 1.24 bits per heavy atom. The molecule has 3 heterocycles. The molecule has 8 rings (SSSR count). The first kappa shape index (κ1) is 20.2. The van der Waals surface area contributed by atoms with Crippen LogP contribution in [-0.4, -0.2) is 9.97 Å². The van der Waals surface area contributed by atoms with Gasteiger partial charge in [0.05, 0.1) is 22.3 Å². The third-order valence-corrected chi connectivity index (χ3v) is 7.29. The quantitative estimate of drug-likeness (QED) is 0.235. The summed E-state index contributed by atoms with van der Waals surface area (Å²) in [6, 6.07) is 39.9. The number of fused-ring (bicyclic) bond motifs is 8. The Bertz CT molecular complexity index is 2150. The molecule has 0 saturated carbocycles. The van der Waals surface area contributed by atoms with E-state index in [1.165, 1.54) is 5.39 Å². The third-order valence-electron chi connectivity index (χ3n) is 7.29. The number of hydrogen-bond donors (Lipinski definition) is 0. The zero-order valence-corrected chi connectivity index (χ0v) is 19.8. The second kappa shape index (κ2) is 7.74. The number of para-hydroxylation sites is 2. The minimum Gasteiger partial charge on any atom is -0.455 e. The van der Waals surface area contributed by atoms with Crippen molar-refractivity contribution in [2.75, 3.05) is 0 Å². The lowest BCUT2D eigenvalue weighted by atomic mass is 9.96. The van der Waals surface area contributed by atoms with E-state index in [0.29, 0.717) is 0 Å². The van der Waals surface area contributed by atoms with Crippen LogP contribution in [0, 0.1) is 0 Å². The van der Waals surface area contributed by atoms with E-state index in [1.54, 1.807) is 0 Å². The van der Waals surface area contributed by atoms with Crippen molar-refractivity contribution in [1.82, 2.24) is 9.97 Å². The molecule has 0 spiro atoms. The average molecular weight is 473 g/mol. The smallest absolute Gasteiger partial charge is 0.145 e. The van der Waals surface area contributed by atoms with Gasteiger partial charge in [0.25, 0.3) is 0 Å². The number of benzene rings is 5. The van der Waals surface area contributed by atoms with Crippen LogP contribution in [0.15, 0.2) is 126 Å². The normalized spacial score (nSPS) is 11.8. The Balaban J connectivity index is 1.48. The summed E-state index contributed by atoms with van der Waals surface area (Å²) in [6.45, 7) is 0. The molecule has 0 amide bonds. The molecule has 3 nitrogen and oxygen atoms in total.